The summed E-state index contributed by atoms with van der Waals surface area (Å²) in [6.45, 7) is 2.39. The van der Waals surface area contributed by atoms with Gasteiger partial charge in [-0.15, -0.1) is 0 Å². The number of nitrogens with one attached hydrogen (secondary N) is 1. The molecule has 1 aliphatic rings. The molecule has 1 fully saturated rings. The Hall–Kier alpha value is -1.06. The second kappa shape index (κ2) is 5.70. The molecule has 0 bridgehead atoms. The largest absolute Gasteiger partial charge is 0.471 e. The number of ether oxygens (including phenoxy) is 1. The monoisotopic (exact) mass is 159 g/mol. The highest BCUT2D eigenvalue weighted by Crippen LogP contribution is 2.03. The van der Waals surface area contributed by atoms with Crippen LogP contribution in [0.4, 0.5) is 0 Å². The van der Waals surface area contributed by atoms with E-state index in [2.05, 4.69) is 10.1 Å². The Morgan fingerprint density at radius 1 is 1.73 bits per heavy atom. The molecular weight excluding hydrogens is 146 g/mol. The molecule has 1 atom stereocenters. The van der Waals surface area contributed by atoms with Crippen molar-refractivity contribution < 1.29 is 14.3 Å². The number of hydrogen-bond donors (Lipinski definition) is 1. The number of amides is 1. The number of hydrogen-bond acceptors (Lipinski definition) is 3. The molecule has 0 aromatic carbocycles. The summed E-state index contributed by atoms with van der Waals surface area (Å²) in [5, 5.41) is 2.78. The van der Waals surface area contributed by atoms with Crippen LogP contribution in [0.2, 0.25) is 0 Å². The summed E-state index contributed by atoms with van der Waals surface area (Å²) in [4.78, 5) is 19.3. The van der Waals surface area contributed by atoms with Gasteiger partial charge >= 0.3 is 0 Å². The van der Waals surface area contributed by atoms with Crippen LogP contribution in [0, 0.1) is 0 Å². The highest BCUT2D eigenvalue weighted by Gasteiger charge is 2.14. The van der Waals surface area contributed by atoms with E-state index in [1.807, 2.05) is 6.92 Å². The molecule has 1 unspecified atom stereocenters. The predicted molar refractivity (Wildman–Crippen MR) is 39.9 cm³/mol. The van der Waals surface area contributed by atoms with E-state index >= 15 is 0 Å². The van der Waals surface area contributed by atoms with Crippen LogP contribution in [0.25, 0.3) is 0 Å². The van der Waals surface area contributed by atoms with Crippen molar-refractivity contribution in [1.29, 1.82) is 0 Å². The molecule has 4 heteroatoms. The van der Waals surface area contributed by atoms with Crippen LogP contribution in [0.1, 0.15) is 19.8 Å². The third-order valence-electron chi connectivity index (χ3n) is 1.31. The Labute approximate surface area is 65.9 Å². The Bertz CT molecular complexity index is 136. The number of carbonyl (C=O) groups is 2. The molecule has 1 amide bonds. The summed E-state index contributed by atoms with van der Waals surface area (Å²) in [7, 11) is 1.31. The van der Waals surface area contributed by atoms with Crippen molar-refractivity contribution in [3.63, 3.8) is 0 Å². The SMILES string of the molecule is CC1CCC(=O)N1.COC=O. The highest BCUT2D eigenvalue weighted by molar-refractivity contribution is 5.78. The lowest BCUT2D eigenvalue weighted by Gasteiger charge is -1.95. The average Bonchev–Trinajstić information content (AvgIpc) is 2.35. The Morgan fingerprint density at radius 2 is 2.27 bits per heavy atom. The molecule has 4 nitrogen and oxygen atoms in total. The molecule has 1 heterocycles. The predicted octanol–water partition coefficient (Wildman–Crippen LogP) is 0.0741. The highest BCUT2D eigenvalue weighted by atomic mass is 16.5. The van der Waals surface area contributed by atoms with E-state index in [0.717, 1.165) is 12.8 Å². The second-order valence-electron chi connectivity index (χ2n) is 2.34. The zero-order chi connectivity index (χ0) is 8.69. The van der Waals surface area contributed by atoms with Crippen molar-refractivity contribution >= 4 is 12.4 Å². The molecule has 64 valence electrons. The molecular formula is C7H13NO3. The first-order valence-corrected chi connectivity index (χ1v) is 3.46. The van der Waals surface area contributed by atoms with E-state index in [0.29, 0.717) is 12.5 Å². The topological polar surface area (TPSA) is 55.4 Å². The van der Waals surface area contributed by atoms with Gasteiger partial charge in [0.15, 0.2) is 0 Å². The summed E-state index contributed by atoms with van der Waals surface area (Å²) in [6.07, 6.45) is 1.74. The third kappa shape index (κ3) is 5.39. The van der Waals surface area contributed by atoms with Crippen molar-refractivity contribution in [2.75, 3.05) is 7.11 Å². The van der Waals surface area contributed by atoms with E-state index in [1.54, 1.807) is 0 Å². The molecule has 0 radical (unpaired) electrons. The van der Waals surface area contributed by atoms with Crippen LogP contribution in [-0.4, -0.2) is 25.5 Å². The third-order valence-corrected chi connectivity index (χ3v) is 1.31. The van der Waals surface area contributed by atoms with Crippen molar-refractivity contribution in [1.82, 2.24) is 5.32 Å². The fourth-order valence-electron chi connectivity index (χ4n) is 0.767. The van der Waals surface area contributed by atoms with Gasteiger partial charge in [-0.05, 0) is 13.3 Å². The van der Waals surface area contributed by atoms with Gasteiger partial charge in [-0.25, -0.2) is 0 Å². The molecule has 0 spiro atoms. The van der Waals surface area contributed by atoms with Crippen LogP contribution in [0.5, 0.6) is 0 Å². The minimum atomic E-state index is 0.201. The van der Waals surface area contributed by atoms with Gasteiger partial charge in [0, 0.05) is 12.5 Å². The molecule has 0 aliphatic carbocycles. The summed E-state index contributed by atoms with van der Waals surface area (Å²) in [5.74, 6) is 0.201. The van der Waals surface area contributed by atoms with Crippen LogP contribution in [-0.2, 0) is 14.3 Å². The lowest BCUT2D eigenvalue weighted by atomic mass is 10.3. The number of carbonyl (C=O) groups excluding carboxylic acids is 2. The van der Waals surface area contributed by atoms with E-state index in [9.17, 15) is 4.79 Å². The maximum atomic E-state index is 10.3. The first-order valence-electron chi connectivity index (χ1n) is 3.46. The van der Waals surface area contributed by atoms with Gasteiger partial charge in [-0.1, -0.05) is 0 Å². The Balaban J connectivity index is 0.000000218. The molecule has 1 rings (SSSR count). The van der Waals surface area contributed by atoms with Gasteiger partial charge < -0.3 is 10.1 Å². The van der Waals surface area contributed by atoms with Crippen LogP contribution < -0.4 is 5.32 Å². The number of methoxy groups -OCH3 is 1. The maximum Gasteiger partial charge on any atom is 0.292 e. The van der Waals surface area contributed by atoms with Gasteiger partial charge in [-0.3, -0.25) is 9.59 Å². The minimum absolute atomic E-state index is 0.201. The van der Waals surface area contributed by atoms with Gasteiger partial charge in [0.1, 0.15) is 0 Å². The Morgan fingerprint density at radius 3 is 2.36 bits per heavy atom. The first kappa shape index (κ1) is 9.94. The van der Waals surface area contributed by atoms with E-state index in [-0.39, 0.29) is 5.91 Å². The van der Waals surface area contributed by atoms with E-state index in [4.69, 9.17) is 4.79 Å². The maximum absolute atomic E-state index is 10.3. The lowest BCUT2D eigenvalue weighted by molar-refractivity contribution is -0.126. The molecule has 0 saturated carbocycles. The molecule has 11 heavy (non-hydrogen) atoms. The number of rotatable bonds is 1. The Kier molecular flexibility index (Phi) is 5.15. The van der Waals surface area contributed by atoms with Crippen molar-refractivity contribution in [3.8, 4) is 0 Å². The van der Waals surface area contributed by atoms with E-state index < -0.39 is 0 Å². The van der Waals surface area contributed by atoms with Gasteiger partial charge in [-0.2, -0.15) is 0 Å². The molecule has 1 saturated heterocycles. The summed E-state index contributed by atoms with van der Waals surface area (Å²) in [6, 6.07) is 0.424. The molecule has 0 aromatic rings. The van der Waals surface area contributed by atoms with Gasteiger partial charge in [0.05, 0.1) is 7.11 Å². The van der Waals surface area contributed by atoms with Crippen LogP contribution in [0.3, 0.4) is 0 Å². The van der Waals surface area contributed by atoms with Crippen molar-refractivity contribution in [2.24, 2.45) is 0 Å². The standard InChI is InChI=1S/C5H9NO.C2H4O2/c1-4-2-3-5(7)6-4;1-4-2-3/h4H,2-3H2,1H3,(H,6,7);2H,1H3. The van der Waals surface area contributed by atoms with Crippen LogP contribution in [0.15, 0.2) is 0 Å². The van der Waals surface area contributed by atoms with Crippen molar-refractivity contribution in [2.45, 2.75) is 25.8 Å². The van der Waals surface area contributed by atoms with Gasteiger partial charge in [0.25, 0.3) is 6.47 Å². The van der Waals surface area contributed by atoms with Crippen LogP contribution >= 0.6 is 0 Å². The van der Waals surface area contributed by atoms with Crippen molar-refractivity contribution in [3.05, 3.63) is 0 Å². The fourth-order valence-corrected chi connectivity index (χ4v) is 0.767. The molecule has 1 aliphatic heterocycles. The average molecular weight is 159 g/mol. The summed E-state index contributed by atoms with van der Waals surface area (Å²) >= 11 is 0. The summed E-state index contributed by atoms with van der Waals surface area (Å²) in [5.41, 5.74) is 0. The molecule has 0 aromatic heterocycles. The zero-order valence-electron chi connectivity index (χ0n) is 6.79. The smallest absolute Gasteiger partial charge is 0.292 e. The van der Waals surface area contributed by atoms with E-state index in [1.165, 1.54) is 7.11 Å². The zero-order valence-corrected chi connectivity index (χ0v) is 6.79. The second-order valence-corrected chi connectivity index (χ2v) is 2.34. The molecule has 1 N–H and O–H groups in total. The van der Waals surface area contributed by atoms with Gasteiger partial charge in [0.2, 0.25) is 5.91 Å². The summed E-state index contributed by atoms with van der Waals surface area (Å²) < 4.78 is 3.86. The quantitative estimate of drug-likeness (QED) is 0.551. The minimum Gasteiger partial charge on any atom is -0.471 e. The first-order chi connectivity index (χ1) is 5.20. The lowest BCUT2D eigenvalue weighted by Crippen LogP contribution is -2.21. The fraction of sp³-hybridized carbons (Fsp3) is 0.714. The normalized spacial score (nSPS) is 21.3.